The molecule has 0 bridgehead atoms. The number of aromatic nitrogens is 1. The number of ether oxygens (including phenoxy) is 2. The van der Waals surface area contributed by atoms with Gasteiger partial charge in [-0.25, -0.2) is 19.1 Å². The van der Waals surface area contributed by atoms with Crippen LogP contribution in [0.1, 0.15) is 11.3 Å². The molecule has 1 fully saturated rings. The quantitative estimate of drug-likeness (QED) is 0.638. The van der Waals surface area contributed by atoms with Crippen LogP contribution in [0.2, 0.25) is 5.02 Å². The van der Waals surface area contributed by atoms with Crippen molar-refractivity contribution in [3.8, 4) is 5.75 Å². The van der Waals surface area contributed by atoms with Crippen LogP contribution in [0.4, 0.5) is 33.9 Å². The maximum atomic E-state index is 13.7. The number of likely N-dealkylation sites (N-methyl/N-ethyl adjacent to an activating group) is 1. The van der Waals surface area contributed by atoms with Crippen molar-refractivity contribution < 1.29 is 36.6 Å². The number of halogens is 5. The number of aryl methyl sites for hydroxylation is 1. The minimum absolute atomic E-state index is 0.00364. The second-order valence-electron chi connectivity index (χ2n) is 6.65. The van der Waals surface area contributed by atoms with Gasteiger partial charge in [0.15, 0.2) is 6.04 Å². The number of benzene rings is 1. The molecule has 1 atom stereocenters. The zero-order valence-corrected chi connectivity index (χ0v) is 17.2. The van der Waals surface area contributed by atoms with Crippen LogP contribution in [0, 0.1) is 12.7 Å². The first kappa shape index (κ1) is 22.6. The number of nitrogens with zero attached hydrogens (tertiary/aromatic N) is 3. The fourth-order valence-corrected chi connectivity index (χ4v) is 3.24. The number of amides is 2. The summed E-state index contributed by atoms with van der Waals surface area (Å²) in [5.74, 6) is -1.90. The van der Waals surface area contributed by atoms with Crippen molar-refractivity contribution >= 4 is 35.1 Å². The Morgan fingerprint density at radius 2 is 2.00 bits per heavy atom. The lowest BCUT2D eigenvalue weighted by Crippen LogP contribution is -2.47. The smallest absolute Gasteiger partial charge is 0.416 e. The summed E-state index contributed by atoms with van der Waals surface area (Å²) in [4.78, 5) is 31.1. The molecule has 31 heavy (non-hydrogen) atoms. The van der Waals surface area contributed by atoms with Crippen LogP contribution in [-0.4, -0.2) is 43.8 Å². The molecular formula is C19H16ClF4N3O4. The number of carbonyl (C=O) groups excluding carboxylic acids is 2. The highest BCUT2D eigenvalue weighted by molar-refractivity contribution is 6.31. The molecule has 12 heteroatoms. The first-order chi connectivity index (χ1) is 14.4. The Balaban J connectivity index is 2.00. The number of pyridine rings is 1. The van der Waals surface area contributed by atoms with Crippen LogP contribution in [-0.2, 0) is 15.7 Å². The largest absolute Gasteiger partial charge is 0.494 e. The highest BCUT2D eigenvalue weighted by Gasteiger charge is 2.43. The van der Waals surface area contributed by atoms with Crippen LogP contribution in [0.25, 0.3) is 0 Å². The number of alkyl halides is 3. The normalized spacial score (nSPS) is 16.3. The summed E-state index contributed by atoms with van der Waals surface area (Å²) in [6.07, 6.45) is -5.71. The highest BCUT2D eigenvalue weighted by atomic mass is 35.5. The molecule has 1 aromatic heterocycles. The van der Waals surface area contributed by atoms with Crippen LogP contribution in [0.5, 0.6) is 5.75 Å². The molecule has 3 rings (SSSR count). The van der Waals surface area contributed by atoms with Crippen molar-refractivity contribution in [3.05, 3.63) is 46.4 Å². The number of cyclic esters (lactones) is 1. The molecule has 2 amide bonds. The Hall–Kier alpha value is -3.08. The van der Waals surface area contributed by atoms with Gasteiger partial charge in [0.05, 0.1) is 23.4 Å². The van der Waals surface area contributed by atoms with Gasteiger partial charge >= 0.3 is 12.3 Å². The maximum absolute atomic E-state index is 13.7. The third kappa shape index (κ3) is 4.36. The van der Waals surface area contributed by atoms with Crippen molar-refractivity contribution in [1.82, 2.24) is 4.98 Å². The van der Waals surface area contributed by atoms with E-state index in [0.717, 1.165) is 28.0 Å². The van der Waals surface area contributed by atoms with Crippen LogP contribution in [0.3, 0.4) is 0 Å². The van der Waals surface area contributed by atoms with E-state index in [2.05, 4.69) is 4.98 Å². The Morgan fingerprint density at radius 1 is 1.32 bits per heavy atom. The number of anilines is 2. The van der Waals surface area contributed by atoms with Gasteiger partial charge in [0.2, 0.25) is 0 Å². The molecule has 1 aliphatic rings. The molecular weight excluding hydrogens is 446 g/mol. The first-order valence-corrected chi connectivity index (χ1v) is 9.14. The summed E-state index contributed by atoms with van der Waals surface area (Å²) in [6.45, 7) is 0.907. The summed E-state index contributed by atoms with van der Waals surface area (Å²) in [5.41, 5.74) is -0.941. The Bertz CT molecular complexity index is 1050. The summed E-state index contributed by atoms with van der Waals surface area (Å²) in [6, 6.07) is 2.30. The summed E-state index contributed by atoms with van der Waals surface area (Å²) in [7, 11) is 2.58. The fraction of sp³-hybridized carbons (Fsp3) is 0.316. The molecule has 166 valence electrons. The number of carbonyl (C=O) groups is 2. The van der Waals surface area contributed by atoms with Crippen molar-refractivity contribution in [2.24, 2.45) is 0 Å². The van der Waals surface area contributed by atoms with Gasteiger partial charge in [-0.2, -0.15) is 13.2 Å². The number of hydrogen-bond acceptors (Lipinski definition) is 5. The van der Waals surface area contributed by atoms with Gasteiger partial charge in [-0.15, -0.1) is 0 Å². The average molecular weight is 462 g/mol. The monoisotopic (exact) mass is 461 g/mol. The lowest BCUT2D eigenvalue weighted by atomic mass is 10.1. The molecule has 0 radical (unpaired) electrons. The second-order valence-corrected chi connectivity index (χ2v) is 7.06. The van der Waals surface area contributed by atoms with E-state index in [9.17, 15) is 27.2 Å². The number of methoxy groups -OCH3 is 1. The molecule has 0 saturated carbocycles. The van der Waals surface area contributed by atoms with E-state index in [1.807, 2.05) is 0 Å². The zero-order chi connectivity index (χ0) is 23.1. The molecule has 2 heterocycles. The molecule has 7 nitrogen and oxygen atoms in total. The number of hydrogen-bond donors (Lipinski definition) is 0. The standard InChI is InChI=1S/C19H16ClF4N3O4/c1-9-4-10(19(22,23)24)5-16(25-9)27-14(8-31-18(27)29)17(28)26(2)13-6-11(20)12(21)7-15(13)30-3/h4-7,14H,8H2,1-3H3/t14-/m0/s1. The molecule has 0 spiro atoms. The molecule has 1 saturated heterocycles. The van der Waals surface area contributed by atoms with Gasteiger partial charge < -0.3 is 14.4 Å². The Morgan fingerprint density at radius 3 is 2.61 bits per heavy atom. The van der Waals surface area contributed by atoms with Gasteiger partial charge in [0.25, 0.3) is 5.91 Å². The van der Waals surface area contributed by atoms with E-state index < -0.39 is 42.2 Å². The minimum atomic E-state index is -4.68. The molecule has 0 aliphatic carbocycles. The van der Waals surface area contributed by atoms with Crippen molar-refractivity contribution in [3.63, 3.8) is 0 Å². The topological polar surface area (TPSA) is 72.0 Å². The molecule has 0 unspecified atom stereocenters. The van der Waals surface area contributed by atoms with E-state index in [1.54, 1.807) is 0 Å². The number of rotatable bonds is 4. The van der Waals surface area contributed by atoms with E-state index in [-0.39, 0.29) is 28.0 Å². The van der Waals surface area contributed by atoms with Gasteiger partial charge in [0.1, 0.15) is 24.0 Å². The maximum Gasteiger partial charge on any atom is 0.416 e. The van der Waals surface area contributed by atoms with Crippen LogP contribution < -0.4 is 14.5 Å². The van der Waals surface area contributed by atoms with Gasteiger partial charge in [-0.1, -0.05) is 11.6 Å². The highest BCUT2D eigenvalue weighted by Crippen LogP contribution is 2.36. The summed E-state index contributed by atoms with van der Waals surface area (Å²) >= 11 is 5.80. The molecule has 1 aromatic carbocycles. The van der Waals surface area contributed by atoms with E-state index in [4.69, 9.17) is 21.1 Å². The third-order valence-corrected chi connectivity index (χ3v) is 4.88. The zero-order valence-electron chi connectivity index (χ0n) is 16.5. The SMILES string of the molecule is COc1cc(F)c(Cl)cc1N(C)C(=O)[C@@H]1COC(=O)N1c1cc(C(F)(F)F)cc(C)n1. The Labute approximate surface area is 179 Å². The van der Waals surface area contributed by atoms with Crippen molar-refractivity contribution in [2.45, 2.75) is 19.1 Å². The molecule has 2 aromatic rings. The van der Waals surface area contributed by atoms with Gasteiger partial charge in [0, 0.05) is 18.8 Å². The Kier molecular flexibility index (Phi) is 5.99. The third-order valence-electron chi connectivity index (χ3n) is 4.59. The lowest BCUT2D eigenvalue weighted by Gasteiger charge is -2.26. The molecule has 0 N–H and O–H groups in total. The lowest BCUT2D eigenvalue weighted by molar-refractivity contribution is -0.137. The predicted octanol–water partition coefficient (Wildman–Crippen LogP) is 4.20. The van der Waals surface area contributed by atoms with Gasteiger partial charge in [-0.3, -0.25) is 4.79 Å². The summed E-state index contributed by atoms with van der Waals surface area (Å²) in [5, 5.41) is -0.277. The van der Waals surface area contributed by atoms with E-state index >= 15 is 0 Å². The fourth-order valence-electron chi connectivity index (χ4n) is 3.08. The predicted molar refractivity (Wildman–Crippen MR) is 103 cm³/mol. The average Bonchev–Trinajstić information content (AvgIpc) is 3.08. The van der Waals surface area contributed by atoms with E-state index in [0.29, 0.717) is 6.07 Å². The van der Waals surface area contributed by atoms with Crippen LogP contribution in [0.15, 0.2) is 24.3 Å². The first-order valence-electron chi connectivity index (χ1n) is 8.76. The van der Waals surface area contributed by atoms with Crippen molar-refractivity contribution in [1.29, 1.82) is 0 Å². The van der Waals surface area contributed by atoms with E-state index in [1.165, 1.54) is 21.1 Å². The second kappa shape index (κ2) is 8.22. The van der Waals surface area contributed by atoms with Crippen LogP contribution >= 0.6 is 11.6 Å². The van der Waals surface area contributed by atoms with Crippen molar-refractivity contribution in [2.75, 3.05) is 30.6 Å². The molecule has 1 aliphatic heterocycles. The van der Waals surface area contributed by atoms with Gasteiger partial charge in [-0.05, 0) is 25.1 Å². The minimum Gasteiger partial charge on any atom is -0.494 e. The summed E-state index contributed by atoms with van der Waals surface area (Å²) < 4.78 is 63.3.